The van der Waals surface area contributed by atoms with Crippen LogP contribution in [0.25, 0.3) is 0 Å². The Balaban J connectivity index is 2.16. The maximum Gasteiger partial charge on any atom is 0.229 e. The Bertz CT molecular complexity index is 238. The molecular formula is C13H26N2O2. The lowest BCUT2D eigenvalue weighted by atomic mass is 9.97. The number of nitrogens with zero attached hydrogens (tertiary/aromatic N) is 2. The maximum atomic E-state index is 11.9. The Kier molecular flexibility index (Phi) is 5.92. The van der Waals surface area contributed by atoms with Crippen LogP contribution in [0, 0.1) is 11.8 Å². The molecule has 17 heavy (non-hydrogen) atoms. The molecule has 0 radical (unpaired) electrons. The minimum Gasteiger partial charge on any atom is -0.361 e. The van der Waals surface area contributed by atoms with Crippen LogP contribution in [0.1, 0.15) is 27.2 Å². The minimum atomic E-state index is 0.188. The Morgan fingerprint density at radius 1 is 1.47 bits per heavy atom. The van der Waals surface area contributed by atoms with E-state index < -0.39 is 0 Å². The summed E-state index contributed by atoms with van der Waals surface area (Å²) < 4.78 is 5.23. The number of rotatable bonds is 7. The van der Waals surface area contributed by atoms with Crippen LogP contribution in [0.2, 0.25) is 0 Å². The minimum absolute atomic E-state index is 0.188. The van der Waals surface area contributed by atoms with Gasteiger partial charge in [0.25, 0.3) is 0 Å². The van der Waals surface area contributed by atoms with Crippen molar-refractivity contribution in [3.63, 3.8) is 0 Å². The number of carbonyl (C=O) groups is 1. The van der Waals surface area contributed by atoms with Crippen LogP contribution < -0.4 is 0 Å². The largest absolute Gasteiger partial charge is 0.361 e. The number of ether oxygens (including phenoxy) is 1. The normalized spacial score (nSPS) is 17.2. The SMILES string of the molecule is CCOCN(C)C(=O)C1CN(CCC(C)C)C1. The molecule has 1 saturated heterocycles. The zero-order valence-corrected chi connectivity index (χ0v) is 11.6. The Hall–Kier alpha value is -0.610. The number of hydrogen-bond donors (Lipinski definition) is 0. The molecule has 0 aromatic rings. The molecule has 4 nitrogen and oxygen atoms in total. The van der Waals surface area contributed by atoms with E-state index in [0.717, 1.165) is 25.6 Å². The first-order valence-electron chi connectivity index (χ1n) is 6.59. The standard InChI is InChI=1S/C13H26N2O2/c1-5-17-10-14(4)13(16)12-8-15(9-12)7-6-11(2)3/h11-12H,5-10H2,1-4H3. The molecule has 1 rings (SSSR count). The fraction of sp³-hybridized carbons (Fsp3) is 0.923. The van der Waals surface area contributed by atoms with E-state index in [0.29, 0.717) is 13.3 Å². The molecule has 0 bridgehead atoms. The molecule has 0 aromatic carbocycles. The molecule has 0 aliphatic carbocycles. The second kappa shape index (κ2) is 6.97. The van der Waals surface area contributed by atoms with Crippen molar-refractivity contribution in [2.45, 2.75) is 27.2 Å². The van der Waals surface area contributed by atoms with Gasteiger partial charge in [0.1, 0.15) is 6.73 Å². The molecule has 0 unspecified atom stereocenters. The number of likely N-dealkylation sites (tertiary alicyclic amines) is 1. The number of amides is 1. The van der Waals surface area contributed by atoms with Gasteiger partial charge in [0.2, 0.25) is 5.91 Å². The van der Waals surface area contributed by atoms with Gasteiger partial charge in [-0.05, 0) is 25.8 Å². The quantitative estimate of drug-likeness (QED) is 0.633. The molecule has 1 heterocycles. The van der Waals surface area contributed by atoms with Crippen molar-refractivity contribution in [3.05, 3.63) is 0 Å². The summed E-state index contributed by atoms with van der Waals surface area (Å²) in [5, 5.41) is 0. The van der Waals surface area contributed by atoms with Crippen LogP contribution >= 0.6 is 0 Å². The zero-order valence-electron chi connectivity index (χ0n) is 11.6. The lowest BCUT2D eigenvalue weighted by Gasteiger charge is -2.40. The van der Waals surface area contributed by atoms with E-state index in [1.807, 2.05) is 14.0 Å². The van der Waals surface area contributed by atoms with Gasteiger partial charge in [-0.2, -0.15) is 0 Å². The van der Waals surface area contributed by atoms with E-state index in [1.54, 1.807) is 4.90 Å². The highest BCUT2D eigenvalue weighted by molar-refractivity contribution is 5.79. The number of hydrogen-bond acceptors (Lipinski definition) is 3. The van der Waals surface area contributed by atoms with Crippen molar-refractivity contribution < 1.29 is 9.53 Å². The Morgan fingerprint density at radius 3 is 2.65 bits per heavy atom. The average molecular weight is 242 g/mol. The van der Waals surface area contributed by atoms with E-state index in [-0.39, 0.29) is 11.8 Å². The third-order valence-corrected chi connectivity index (χ3v) is 3.19. The van der Waals surface area contributed by atoms with E-state index in [9.17, 15) is 4.79 Å². The fourth-order valence-corrected chi connectivity index (χ4v) is 1.95. The van der Waals surface area contributed by atoms with Crippen LogP contribution in [-0.4, -0.2) is 55.7 Å². The third kappa shape index (κ3) is 4.64. The average Bonchev–Trinajstić information content (AvgIpc) is 2.22. The van der Waals surface area contributed by atoms with Crippen LogP contribution in [0.15, 0.2) is 0 Å². The summed E-state index contributed by atoms with van der Waals surface area (Å²) >= 11 is 0. The molecule has 100 valence electrons. The lowest BCUT2D eigenvalue weighted by molar-refractivity contribution is -0.144. The van der Waals surface area contributed by atoms with Gasteiger partial charge < -0.3 is 14.5 Å². The smallest absolute Gasteiger partial charge is 0.229 e. The van der Waals surface area contributed by atoms with Gasteiger partial charge >= 0.3 is 0 Å². The van der Waals surface area contributed by atoms with Gasteiger partial charge in [-0.25, -0.2) is 0 Å². The molecule has 0 aromatic heterocycles. The summed E-state index contributed by atoms with van der Waals surface area (Å²) in [5.74, 6) is 1.15. The summed E-state index contributed by atoms with van der Waals surface area (Å²) in [6, 6.07) is 0. The van der Waals surface area contributed by atoms with Crippen molar-refractivity contribution in [3.8, 4) is 0 Å². The second-order valence-electron chi connectivity index (χ2n) is 5.30. The molecular weight excluding hydrogens is 216 g/mol. The van der Waals surface area contributed by atoms with Crippen molar-refractivity contribution >= 4 is 5.91 Å². The van der Waals surface area contributed by atoms with Crippen molar-refractivity contribution in [2.75, 3.05) is 40.0 Å². The molecule has 4 heteroatoms. The highest BCUT2D eigenvalue weighted by Crippen LogP contribution is 2.18. The van der Waals surface area contributed by atoms with Crippen LogP contribution in [0.3, 0.4) is 0 Å². The van der Waals surface area contributed by atoms with Gasteiger partial charge in [-0.1, -0.05) is 13.8 Å². The van der Waals surface area contributed by atoms with Gasteiger partial charge in [0, 0.05) is 26.7 Å². The molecule has 1 aliphatic rings. The summed E-state index contributed by atoms with van der Waals surface area (Å²) in [7, 11) is 1.81. The zero-order chi connectivity index (χ0) is 12.8. The first kappa shape index (κ1) is 14.5. The van der Waals surface area contributed by atoms with Crippen molar-refractivity contribution in [1.29, 1.82) is 0 Å². The summed E-state index contributed by atoms with van der Waals surface area (Å²) in [6.45, 7) is 10.4. The summed E-state index contributed by atoms with van der Waals surface area (Å²) in [6.07, 6.45) is 1.22. The summed E-state index contributed by atoms with van der Waals surface area (Å²) in [5.41, 5.74) is 0. The fourth-order valence-electron chi connectivity index (χ4n) is 1.95. The highest BCUT2D eigenvalue weighted by Gasteiger charge is 2.33. The van der Waals surface area contributed by atoms with Gasteiger partial charge in [-0.3, -0.25) is 4.79 Å². The van der Waals surface area contributed by atoms with E-state index in [1.165, 1.54) is 6.42 Å². The van der Waals surface area contributed by atoms with Crippen LogP contribution in [0.4, 0.5) is 0 Å². The molecule has 1 amide bonds. The predicted molar refractivity (Wildman–Crippen MR) is 68.6 cm³/mol. The molecule has 0 N–H and O–H groups in total. The lowest BCUT2D eigenvalue weighted by Crippen LogP contribution is -2.54. The second-order valence-corrected chi connectivity index (χ2v) is 5.30. The first-order valence-corrected chi connectivity index (χ1v) is 6.59. The Morgan fingerprint density at radius 2 is 2.12 bits per heavy atom. The predicted octanol–water partition coefficient (Wildman–Crippen LogP) is 1.42. The first-order chi connectivity index (χ1) is 8.04. The number of carbonyl (C=O) groups excluding carboxylic acids is 1. The van der Waals surface area contributed by atoms with Crippen LogP contribution in [0.5, 0.6) is 0 Å². The van der Waals surface area contributed by atoms with Crippen molar-refractivity contribution in [2.24, 2.45) is 11.8 Å². The molecule has 0 atom stereocenters. The summed E-state index contributed by atoms with van der Waals surface area (Å²) in [4.78, 5) is 16.0. The molecule has 0 saturated carbocycles. The molecule has 1 aliphatic heterocycles. The Labute approximate surface area is 105 Å². The van der Waals surface area contributed by atoms with Gasteiger partial charge in [0.05, 0.1) is 5.92 Å². The molecule has 0 spiro atoms. The van der Waals surface area contributed by atoms with Gasteiger partial charge in [0.15, 0.2) is 0 Å². The maximum absolute atomic E-state index is 11.9. The van der Waals surface area contributed by atoms with Crippen molar-refractivity contribution in [1.82, 2.24) is 9.80 Å². The molecule has 1 fully saturated rings. The third-order valence-electron chi connectivity index (χ3n) is 3.19. The van der Waals surface area contributed by atoms with E-state index in [2.05, 4.69) is 18.7 Å². The van der Waals surface area contributed by atoms with Crippen LogP contribution in [-0.2, 0) is 9.53 Å². The highest BCUT2D eigenvalue weighted by atomic mass is 16.5. The topological polar surface area (TPSA) is 32.8 Å². The van der Waals surface area contributed by atoms with E-state index in [4.69, 9.17) is 4.74 Å². The van der Waals surface area contributed by atoms with E-state index >= 15 is 0 Å². The van der Waals surface area contributed by atoms with Gasteiger partial charge in [-0.15, -0.1) is 0 Å². The monoisotopic (exact) mass is 242 g/mol.